The topological polar surface area (TPSA) is 78.5 Å². The molecule has 2 aromatic carbocycles. The fourth-order valence-corrected chi connectivity index (χ4v) is 5.43. The van der Waals surface area contributed by atoms with Crippen molar-refractivity contribution in [2.75, 3.05) is 19.6 Å². The van der Waals surface area contributed by atoms with Crippen LogP contribution in [-0.4, -0.2) is 38.9 Å². The SMILES string of the molecule is CCNS(=O)(=O)c1ccc(/C=C/C(=O)NCc2ccc(CN3CC(C)CC(C)C3)cc2)cc1. The number of sulfonamides is 1. The fraction of sp³-hybridized carbons (Fsp3) is 0.423. The number of carbonyl (C=O) groups excluding carboxylic acids is 1. The van der Waals surface area contributed by atoms with Gasteiger partial charge in [0.1, 0.15) is 0 Å². The van der Waals surface area contributed by atoms with Crippen molar-refractivity contribution in [1.82, 2.24) is 14.9 Å². The lowest BCUT2D eigenvalue weighted by atomic mass is 9.91. The number of nitrogens with one attached hydrogen (secondary N) is 2. The quantitative estimate of drug-likeness (QED) is 0.548. The smallest absolute Gasteiger partial charge is 0.244 e. The van der Waals surface area contributed by atoms with Crippen LogP contribution in [0.4, 0.5) is 0 Å². The molecule has 2 aromatic rings. The molecule has 33 heavy (non-hydrogen) atoms. The number of rotatable bonds is 9. The first-order chi connectivity index (χ1) is 15.7. The van der Waals surface area contributed by atoms with Crippen LogP contribution in [-0.2, 0) is 27.9 Å². The number of benzene rings is 2. The van der Waals surface area contributed by atoms with E-state index in [9.17, 15) is 13.2 Å². The predicted molar refractivity (Wildman–Crippen MR) is 133 cm³/mol. The number of nitrogens with zero attached hydrogens (tertiary/aromatic N) is 1. The molecule has 0 aromatic heterocycles. The van der Waals surface area contributed by atoms with E-state index in [1.165, 1.54) is 30.2 Å². The zero-order valence-corrected chi connectivity index (χ0v) is 20.6. The molecule has 0 spiro atoms. The molecule has 7 heteroatoms. The number of carbonyl (C=O) groups is 1. The minimum absolute atomic E-state index is 0.195. The van der Waals surface area contributed by atoms with E-state index < -0.39 is 10.0 Å². The summed E-state index contributed by atoms with van der Waals surface area (Å²) in [5, 5.41) is 2.89. The van der Waals surface area contributed by atoms with Crippen LogP contribution in [0.2, 0.25) is 0 Å². The van der Waals surface area contributed by atoms with Gasteiger partial charge in [0.05, 0.1) is 4.90 Å². The molecular formula is C26H35N3O3S. The largest absolute Gasteiger partial charge is 0.348 e. The monoisotopic (exact) mass is 469 g/mol. The second-order valence-electron chi connectivity index (χ2n) is 9.08. The molecule has 1 amide bonds. The van der Waals surface area contributed by atoms with Crippen LogP contribution < -0.4 is 10.0 Å². The third-order valence-electron chi connectivity index (χ3n) is 5.79. The fourth-order valence-electron chi connectivity index (χ4n) is 4.39. The van der Waals surface area contributed by atoms with E-state index >= 15 is 0 Å². The van der Waals surface area contributed by atoms with E-state index in [4.69, 9.17) is 0 Å². The zero-order chi connectivity index (χ0) is 23.8. The molecule has 1 aliphatic rings. The molecule has 0 saturated carbocycles. The molecule has 1 aliphatic heterocycles. The van der Waals surface area contributed by atoms with Crippen LogP contribution >= 0.6 is 0 Å². The van der Waals surface area contributed by atoms with Crippen molar-refractivity contribution in [2.45, 2.75) is 45.2 Å². The van der Waals surface area contributed by atoms with Gasteiger partial charge < -0.3 is 5.32 Å². The van der Waals surface area contributed by atoms with Gasteiger partial charge in [0.25, 0.3) is 0 Å². The van der Waals surface area contributed by atoms with E-state index in [1.807, 2.05) is 0 Å². The van der Waals surface area contributed by atoms with Crippen molar-refractivity contribution >= 4 is 22.0 Å². The highest BCUT2D eigenvalue weighted by atomic mass is 32.2. The maximum Gasteiger partial charge on any atom is 0.244 e. The lowest BCUT2D eigenvalue weighted by Crippen LogP contribution is -2.38. The van der Waals surface area contributed by atoms with E-state index in [1.54, 1.807) is 25.1 Å². The van der Waals surface area contributed by atoms with E-state index in [-0.39, 0.29) is 10.8 Å². The van der Waals surface area contributed by atoms with E-state index in [0.29, 0.717) is 13.1 Å². The highest BCUT2D eigenvalue weighted by molar-refractivity contribution is 7.89. The molecule has 2 atom stereocenters. The number of amides is 1. The normalized spacial score (nSPS) is 19.6. The zero-order valence-electron chi connectivity index (χ0n) is 19.8. The Labute approximate surface area is 198 Å². The van der Waals surface area contributed by atoms with Gasteiger partial charge in [0, 0.05) is 38.8 Å². The van der Waals surface area contributed by atoms with Crippen LogP contribution in [0.5, 0.6) is 0 Å². The summed E-state index contributed by atoms with van der Waals surface area (Å²) in [6, 6.07) is 14.8. The van der Waals surface area contributed by atoms with Gasteiger partial charge in [0.15, 0.2) is 0 Å². The maximum absolute atomic E-state index is 12.2. The summed E-state index contributed by atoms with van der Waals surface area (Å²) in [4.78, 5) is 14.9. The van der Waals surface area contributed by atoms with Gasteiger partial charge in [-0.1, -0.05) is 57.2 Å². The molecule has 0 radical (unpaired) electrons. The summed E-state index contributed by atoms with van der Waals surface area (Å²) in [6.45, 7) is 10.5. The Morgan fingerprint density at radius 1 is 1.00 bits per heavy atom. The Bertz CT molecular complexity index is 1040. The lowest BCUT2D eigenvalue weighted by Gasteiger charge is -2.35. The molecule has 0 bridgehead atoms. The van der Waals surface area contributed by atoms with Crippen molar-refractivity contribution in [1.29, 1.82) is 0 Å². The van der Waals surface area contributed by atoms with Crippen molar-refractivity contribution in [3.63, 3.8) is 0 Å². The standard InChI is InChI=1S/C26H35N3O3S/c1-4-28-33(31,32)25-12-9-22(10-13-25)11-14-26(30)27-16-23-5-7-24(8-6-23)19-29-17-20(2)15-21(3)18-29/h5-14,20-21,28H,4,15-19H2,1-3H3,(H,27,30)/b14-11+. The average Bonchev–Trinajstić information content (AvgIpc) is 2.77. The van der Waals surface area contributed by atoms with Gasteiger partial charge in [-0.2, -0.15) is 0 Å². The maximum atomic E-state index is 12.2. The van der Waals surface area contributed by atoms with Gasteiger partial charge in [0.2, 0.25) is 15.9 Å². The third-order valence-corrected chi connectivity index (χ3v) is 7.35. The van der Waals surface area contributed by atoms with Crippen molar-refractivity contribution < 1.29 is 13.2 Å². The van der Waals surface area contributed by atoms with Crippen LogP contribution in [0.1, 0.15) is 43.9 Å². The number of likely N-dealkylation sites (tertiary alicyclic amines) is 1. The highest BCUT2D eigenvalue weighted by Crippen LogP contribution is 2.22. The van der Waals surface area contributed by atoms with Crippen LogP contribution in [0.25, 0.3) is 6.08 Å². The van der Waals surface area contributed by atoms with Gasteiger partial charge >= 0.3 is 0 Å². The van der Waals surface area contributed by atoms with Crippen LogP contribution in [0.3, 0.4) is 0 Å². The molecule has 2 unspecified atom stereocenters. The Hall–Kier alpha value is -2.48. The Balaban J connectivity index is 1.47. The van der Waals surface area contributed by atoms with E-state index in [0.717, 1.165) is 42.6 Å². The third kappa shape index (κ3) is 7.81. The Morgan fingerprint density at radius 2 is 1.61 bits per heavy atom. The Kier molecular flexibility index (Phi) is 8.83. The minimum atomic E-state index is -3.47. The number of hydrogen-bond acceptors (Lipinski definition) is 4. The summed E-state index contributed by atoms with van der Waals surface area (Å²) in [7, 11) is -3.47. The summed E-state index contributed by atoms with van der Waals surface area (Å²) in [5.41, 5.74) is 3.11. The number of piperidine rings is 1. The molecule has 0 aliphatic carbocycles. The van der Waals surface area contributed by atoms with Gasteiger partial charge in [-0.05, 0) is 53.2 Å². The second-order valence-corrected chi connectivity index (χ2v) is 10.8. The molecule has 1 heterocycles. The van der Waals surface area contributed by atoms with Crippen molar-refractivity contribution in [3.05, 3.63) is 71.3 Å². The van der Waals surface area contributed by atoms with Crippen molar-refractivity contribution in [2.24, 2.45) is 11.8 Å². The molecule has 1 saturated heterocycles. The first-order valence-electron chi connectivity index (χ1n) is 11.6. The highest BCUT2D eigenvalue weighted by Gasteiger charge is 2.21. The first kappa shape index (κ1) is 25.1. The van der Waals surface area contributed by atoms with Crippen LogP contribution in [0, 0.1) is 11.8 Å². The summed E-state index contributed by atoms with van der Waals surface area (Å²) in [5.74, 6) is 1.31. The second kappa shape index (κ2) is 11.6. The van der Waals surface area contributed by atoms with E-state index in [2.05, 4.69) is 53.1 Å². The molecule has 178 valence electrons. The summed E-state index contributed by atoms with van der Waals surface area (Å²) >= 11 is 0. The Morgan fingerprint density at radius 3 is 2.21 bits per heavy atom. The number of hydrogen-bond donors (Lipinski definition) is 2. The van der Waals surface area contributed by atoms with Crippen LogP contribution in [0.15, 0.2) is 59.5 Å². The molecule has 1 fully saturated rings. The van der Waals surface area contributed by atoms with Gasteiger partial charge in [-0.25, -0.2) is 13.1 Å². The molecule has 3 rings (SSSR count). The molecular weight excluding hydrogens is 434 g/mol. The summed E-state index contributed by atoms with van der Waals surface area (Å²) < 4.78 is 26.4. The van der Waals surface area contributed by atoms with Gasteiger partial charge in [-0.3, -0.25) is 9.69 Å². The van der Waals surface area contributed by atoms with Gasteiger partial charge in [-0.15, -0.1) is 0 Å². The average molecular weight is 470 g/mol. The molecule has 2 N–H and O–H groups in total. The minimum Gasteiger partial charge on any atom is -0.348 e. The van der Waals surface area contributed by atoms with Crippen molar-refractivity contribution in [3.8, 4) is 0 Å². The summed E-state index contributed by atoms with van der Waals surface area (Å²) in [6.07, 6.45) is 4.44. The lowest BCUT2D eigenvalue weighted by molar-refractivity contribution is -0.116. The molecule has 6 nitrogen and oxygen atoms in total. The predicted octanol–water partition coefficient (Wildman–Crippen LogP) is 3.79. The first-order valence-corrected chi connectivity index (χ1v) is 13.1.